The van der Waals surface area contributed by atoms with Gasteiger partial charge in [-0.25, -0.2) is 0 Å². The summed E-state index contributed by atoms with van der Waals surface area (Å²) in [4.78, 5) is 13.0. The van der Waals surface area contributed by atoms with E-state index in [2.05, 4.69) is 10.6 Å². The van der Waals surface area contributed by atoms with Crippen molar-refractivity contribution in [3.63, 3.8) is 0 Å². The van der Waals surface area contributed by atoms with Crippen LogP contribution in [0.2, 0.25) is 0 Å². The summed E-state index contributed by atoms with van der Waals surface area (Å²) in [5.74, 6) is -0.487. The highest BCUT2D eigenvalue weighted by atomic mass is 19.4. The van der Waals surface area contributed by atoms with Crippen LogP contribution in [-0.2, 0) is 16.5 Å². The Labute approximate surface area is 191 Å². The van der Waals surface area contributed by atoms with Gasteiger partial charge in [0.15, 0.2) is 0 Å². The van der Waals surface area contributed by atoms with Gasteiger partial charge in [0.2, 0.25) is 5.91 Å². The largest absolute Gasteiger partial charge is 0.416 e. The second-order valence-corrected chi connectivity index (χ2v) is 9.37. The van der Waals surface area contributed by atoms with Crippen molar-refractivity contribution in [1.29, 1.82) is 0 Å². The Balaban J connectivity index is 1.66. The Morgan fingerprint density at radius 2 is 1.79 bits per heavy atom. The highest BCUT2D eigenvalue weighted by molar-refractivity contribution is 5.95. The first-order valence-electron chi connectivity index (χ1n) is 10.9. The number of amides is 1. The first kappa shape index (κ1) is 23.0. The summed E-state index contributed by atoms with van der Waals surface area (Å²) in [7, 11) is 0. The number of nitrogens with one attached hydrogen (secondary N) is 2. The topological polar surface area (TPSA) is 59.0 Å². The van der Waals surface area contributed by atoms with E-state index in [1.54, 1.807) is 18.2 Å². The van der Waals surface area contributed by atoms with Crippen LogP contribution < -0.4 is 10.6 Å². The molecule has 4 rings (SSSR count). The zero-order valence-corrected chi connectivity index (χ0v) is 18.7. The first-order valence-corrected chi connectivity index (χ1v) is 10.9. The number of hydrogen-bond acceptors (Lipinski definition) is 3. The molecule has 8 heteroatoms. The number of rotatable bonds is 4. The molecule has 2 heterocycles. The van der Waals surface area contributed by atoms with E-state index in [4.69, 9.17) is 5.10 Å². The Kier molecular flexibility index (Phi) is 6.05. The molecular formula is C25H27F3N4O. The predicted molar refractivity (Wildman–Crippen MR) is 121 cm³/mol. The third kappa shape index (κ3) is 5.11. The van der Waals surface area contributed by atoms with Crippen molar-refractivity contribution in [2.75, 3.05) is 5.32 Å². The third-order valence-electron chi connectivity index (χ3n) is 5.88. The zero-order chi connectivity index (χ0) is 23.8. The molecule has 0 bridgehead atoms. The van der Waals surface area contributed by atoms with Gasteiger partial charge < -0.3 is 5.32 Å². The maximum atomic E-state index is 13.4. The molecule has 1 amide bonds. The fourth-order valence-electron chi connectivity index (χ4n) is 4.16. The van der Waals surface area contributed by atoms with Crippen molar-refractivity contribution in [2.24, 2.45) is 0 Å². The fourth-order valence-corrected chi connectivity index (χ4v) is 4.16. The number of benzene rings is 2. The number of halogens is 3. The summed E-state index contributed by atoms with van der Waals surface area (Å²) in [6.45, 7) is 6.07. The molecule has 2 N–H and O–H groups in total. The Bertz CT molecular complexity index is 1120. The van der Waals surface area contributed by atoms with Crippen LogP contribution >= 0.6 is 0 Å². The van der Waals surface area contributed by atoms with Gasteiger partial charge in [0.05, 0.1) is 22.8 Å². The standard InChI is InChI=1S/C25H27F3N4O/c1-24(2,3)32-13-12-20(31-32)19-15-21(23(33)29-18-10-5-4-6-11-18)30-22(19)16-8-7-9-17(14-16)25(26,27)28/h4-14,19,21-22,30H,15H2,1-3H3,(H,29,33)/t19-,21-,22-/m0/s1. The number of aromatic nitrogens is 2. The molecule has 1 aromatic heterocycles. The quantitative estimate of drug-likeness (QED) is 0.546. The second kappa shape index (κ2) is 8.67. The number of nitrogens with zero attached hydrogens (tertiary/aromatic N) is 2. The van der Waals surface area contributed by atoms with Crippen LogP contribution in [0.1, 0.15) is 56.0 Å². The van der Waals surface area contributed by atoms with Crippen LogP contribution in [0.15, 0.2) is 66.9 Å². The molecule has 1 aliphatic heterocycles. The van der Waals surface area contributed by atoms with Crippen LogP contribution in [-0.4, -0.2) is 21.7 Å². The van der Waals surface area contributed by atoms with Gasteiger partial charge in [0, 0.05) is 23.8 Å². The summed E-state index contributed by atoms with van der Waals surface area (Å²) >= 11 is 0. The van der Waals surface area contributed by atoms with E-state index in [9.17, 15) is 18.0 Å². The molecule has 3 atom stereocenters. The van der Waals surface area contributed by atoms with E-state index in [0.29, 0.717) is 17.7 Å². The Morgan fingerprint density at radius 1 is 1.06 bits per heavy atom. The van der Waals surface area contributed by atoms with Crippen molar-refractivity contribution >= 4 is 11.6 Å². The van der Waals surface area contributed by atoms with Crippen LogP contribution in [0, 0.1) is 0 Å². The molecular weight excluding hydrogens is 429 g/mol. The molecule has 1 fully saturated rings. The van der Waals surface area contributed by atoms with Gasteiger partial charge in [-0.05, 0) is 63.1 Å². The second-order valence-electron chi connectivity index (χ2n) is 9.37. The van der Waals surface area contributed by atoms with Crippen molar-refractivity contribution in [3.05, 3.63) is 83.7 Å². The van der Waals surface area contributed by atoms with Gasteiger partial charge in [-0.15, -0.1) is 0 Å². The summed E-state index contributed by atoms with van der Waals surface area (Å²) in [5.41, 5.74) is 0.948. The molecule has 0 radical (unpaired) electrons. The number of alkyl halides is 3. The first-order chi connectivity index (χ1) is 15.5. The fraction of sp³-hybridized carbons (Fsp3) is 0.360. The average molecular weight is 457 g/mol. The number of carbonyl (C=O) groups is 1. The number of para-hydroxylation sites is 1. The van der Waals surface area contributed by atoms with E-state index in [0.717, 1.165) is 17.8 Å². The summed E-state index contributed by atoms with van der Waals surface area (Å²) in [6.07, 6.45) is -2.15. The SMILES string of the molecule is CC(C)(C)n1ccc([C@@H]2C[C@@H](C(=O)Nc3ccccc3)N[C@H]2c2cccc(C(F)(F)F)c2)n1. The molecule has 174 valence electrons. The molecule has 1 saturated heterocycles. The van der Waals surface area contributed by atoms with Crippen molar-refractivity contribution in [2.45, 2.75) is 56.9 Å². The minimum atomic E-state index is -4.44. The lowest BCUT2D eigenvalue weighted by molar-refractivity contribution is -0.137. The molecule has 5 nitrogen and oxygen atoms in total. The van der Waals surface area contributed by atoms with Gasteiger partial charge in [-0.3, -0.25) is 14.8 Å². The smallest absolute Gasteiger partial charge is 0.325 e. The molecule has 0 aliphatic carbocycles. The van der Waals surface area contributed by atoms with Crippen molar-refractivity contribution in [1.82, 2.24) is 15.1 Å². The highest BCUT2D eigenvalue weighted by Gasteiger charge is 2.41. The normalized spacial score (nSPS) is 21.2. The summed E-state index contributed by atoms with van der Waals surface area (Å²) in [6, 6.07) is 15.2. The summed E-state index contributed by atoms with van der Waals surface area (Å²) in [5, 5.41) is 10.9. The van der Waals surface area contributed by atoms with Gasteiger partial charge in [-0.2, -0.15) is 18.3 Å². The van der Waals surface area contributed by atoms with E-state index >= 15 is 0 Å². The van der Waals surface area contributed by atoms with Crippen LogP contribution in [0.25, 0.3) is 0 Å². The highest BCUT2D eigenvalue weighted by Crippen LogP contribution is 2.41. The predicted octanol–water partition coefficient (Wildman–Crippen LogP) is 5.48. The molecule has 0 saturated carbocycles. The average Bonchev–Trinajstić information content (AvgIpc) is 3.41. The Morgan fingerprint density at radius 3 is 2.42 bits per heavy atom. The zero-order valence-electron chi connectivity index (χ0n) is 18.7. The van der Waals surface area contributed by atoms with E-state index in [-0.39, 0.29) is 17.4 Å². The summed E-state index contributed by atoms with van der Waals surface area (Å²) < 4.78 is 41.9. The van der Waals surface area contributed by atoms with Crippen LogP contribution in [0.5, 0.6) is 0 Å². The minimum absolute atomic E-state index is 0.226. The Hall–Kier alpha value is -3.13. The van der Waals surface area contributed by atoms with Crippen LogP contribution in [0.4, 0.5) is 18.9 Å². The number of hydrogen-bond donors (Lipinski definition) is 2. The van der Waals surface area contributed by atoms with Gasteiger partial charge in [0.1, 0.15) is 0 Å². The van der Waals surface area contributed by atoms with Crippen molar-refractivity contribution in [3.8, 4) is 0 Å². The maximum Gasteiger partial charge on any atom is 0.416 e. The molecule has 33 heavy (non-hydrogen) atoms. The third-order valence-corrected chi connectivity index (χ3v) is 5.88. The van der Waals surface area contributed by atoms with Crippen LogP contribution in [0.3, 0.4) is 0 Å². The monoisotopic (exact) mass is 456 g/mol. The van der Waals surface area contributed by atoms with E-state index < -0.39 is 23.8 Å². The maximum absolute atomic E-state index is 13.4. The molecule has 0 spiro atoms. The van der Waals surface area contributed by atoms with E-state index in [1.807, 2.05) is 55.9 Å². The lowest BCUT2D eigenvalue weighted by Crippen LogP contribution is -2.36. The number of carbonyl (C=O) groups excluding carboxylic acids is 1. The lowest BCUT2D eigenvalue weighted by atomic mass is 9.90. The van der Waals surface area contributed by atoms with Gasteiger partial charge >= 0.3 is 6.18 Å². The van der Waals surface area contributed by atoms with E-state index in [1.165, 1.54) is 6.07 Å². The number of anilines is 1. The molecule has 1 aliphatic rings. The molecule has 2 aromatic carbocycles. The van der Waals surface area contributed by atoms with Gasteiger partial charge in [-0.1, -0.05) is 30.3 Å². The molecule has 3 aromatic rings. The minimum Gasteiger partial charge on any atom is -0.325 e. The van der Waals surface area contributed by atoms with Gasteiger partial charge in [0.25, 0.3) is 0 Å². The van der Waals surface area contributed by atoms with Crippen molar-refractivity contribution < 1.29 is 18.0 Å². The lowest BCUT2D eigenvalue weighted by Gasteiger charge is -2.21. The molecule has 0 unspecified atom stereocenters.